The molecular formula is C16H14BrClN2O. The molecule has 1 N–H and O–H groups in total. The van der Waals surface area contributed by atoms with Crippen molar-refractivity contribution in [1.82, 2.24) is 5.43 Å². The molecule has 0 aliphatic carbocycles. The van der Waals surface area contributed by atoms with Gasteiger partial charge in [-0.05, 0) is 42.3 Å². The van der Waals surface area contributed by atoms with E-state index >= 15 is 0 Å². The summed E-state index contributed by atoms with van der Waals surface area (Å²) in [6, 6.07) is 14.9. The summed E-state index contributed by atoms with van der Waals surface area (Å²) in [5, 5.41) is 4.77. The lowest BCUT2D eigenvalue weighted by atomic mass is 10.1. The predicted molar refractivity (Wildman–Crippen MR) is 89.7 cm³/mol. The molecule has 0 aliphatic heterocycles. The average molecular weight is 366 g/mol. The van der Waals surface area contributed by atoms with Gasteiger partial charge in [0.2, 0.25) is 5.91 Å². The lowest BCUT2D eigenvalue weighted by Crippen LogP contribution is -2.21. The van der Waals surface area contributed by atoms with Crippen LogP contribution < -0.4 is 5.43 Å². The lowest BCUT2D eigenvalue weighted by Gasteiger charge is -2.04. The molecule has 0 unspecified atom stereocenters. The largest absolute Gasteiger partial charge is 0.273 e. The van der Waals surface area contributed by atoms with E-state index in [0.29, 0.717) is 5.02 Å². The highest BCUT2D eigenvalue weighted by molar-refractivity contribution is 9.10. The molecule has 0 saturated carbocycles. The van der Waals surface area contributed by atoms with Gasteiger partial charge in [0.05, 0.1) is 12.1 Å². The van der Waals surface area contributed by atoms with Crippen LogP contribution in [0.5, 0.6) is 0 Å². The number of nitrogens with zero attached hydrogens (tertiary/aromatic N) is 1. The van der Waals surface area contributed by atoms with Gasteiger partial charge in [-0.1, -0.05) is 51.8 Å². The van der Waals surface area contributed by atoms with Gasteiger partial charge in [-0.2, -0.15) is 5.10 Å². The van der Waals surface area contributed by atoms with E-state index in [1.807, 2.05) is 43.3 Å². The zero-order chi connectivity index (χ0) is 15.2. The van der Waals surface area contributed by atoms with Crippen LogP contribution in [0.15, 0.2) is 58.1 Å². The van der Waals surface area contributed by atoms with E-state index in [9.17, 15) is 4.79 Å². The highest BCUT2D eigenvalue weighted by atomic mass is 79.9. The first-order chi connectivity index (χ1) is 10.0. The van der Waals surface area contributed by atoms with Crippen LogP contribution in [0.2, 0.25) is 5.02 Å². The number of hydrazone groups is 1. The van der Waals surface area contributed by atoms with Gasteiger partial charge in [-0.3, -0.25) is 4.79 Å². The van der Waals surface area contributed by atoms with Gasteiger partial charge in [0, 0.05) is 9.50 Å². The van der Waals surface area contributed by atoms with Crippen molar-refractivity contribution >= 4 is 39.1 Å². The Morgan fingerprint density at radius 2 is 1.76 bits per heavy atom. The SMILES string of the molecule is C/C(=N/NC(=O)Cc1ccc(Cl)cc1)c1ccc(Br)cc1. The molecule has 2 aromatic carbocycles. The number of carbonyl (C=O) groups excluding carboxylic acids is 1. The molecule has 0 spiro atoms. The standard InChI is InChI=1S/C16H14BrClN2O/c1-11(13-4-6-14(17)7-5-13)19-20-16(21)10-12-2-8-15(18)9-3-12/h2-9H,10H2,1H3,(H,20,21)/b19-11-. The molecule has 0 fully saturated rings. The highest BCUT2D eigenvalue weighted by Gasteiger charge is 2.03. The summed E-state index contributed by atoms with van der Waals surface area (Å²) >= 11 is 9.18. The molecule has 2 aromatic rings. The lowest BCUT2D eigenvalue weighted by molar-refractivity contribution is -0.120. The van der Waals surface area contributed by atoms with Crippen molar-refractivity contribution in [1.29, 1.82) is 0 Å². The minimum Gasteiger partial charge on any atom is -0.273 e. The quantitative estimate of drug-likeness (QED) is 0.641. The zero-order valence-electron chi connectivity index (χ0n) is 11.4. The maximum Gasteiger partial charge on any atom is 0.244 e. The van der Waals surface area contributed by atoms with Crippen LogP contribution in [0.25, 0.3) is 0 Å². The number of carbonyl (C=O) groups is 1. The maximum atomic E-state index is 11.8. The molecule has 0 bridgehead atoms. The summed E-state index contributed by atoms with van der Waals surface area (Å²) in [6.07, 6.45) is 0.272. The Morgan fingerprint density at radius 1 is 1.14 bits per heavy atom. The Labute approximate surface area is 137 Å². The second-order valence-corrected chi connectivity index (χ2v) is 5.89. The van der Waals surface area contributed by atoms with Crippen LogP contribution in [0, 0.1) is 0 Å². The molecule has 21 heavy (non-hydrogen) atoms. The fraction of sp³-hybridized carbons (Fsp3) is 0.125. The summed E-state index contributed by atoms with van der Waals surface area (Å²) in [4.78, 5) is 11.8. The average Bonchev–Trinajstić information content (AvgIpc) is 2.48. The van der Waals surface area contributed by atoms with E-state index < -0.39 is 0 Å². The Balaban J connectivity index is 1.94. The number of benzene rings is 2. The van der Waals surface area contributed by atoms with E-state index in [4.69, 9.17) is 11.6 Å². The summed E-state index contributed by atoms with van der Waals surface area (Å²) in [5.74, 6) is -0.159. The fourth-order valence-electron chi connectivity index (χ4n) is 1.73. The topological polar surface area (TPSA) is 41.5 Å². The van der Waals surface area contributed by atoms with Crippen molar-refractivity contribution in [2.45, 2.75) is 13.3 Å². The molecular weight excluding hydrogens is 352 g/mol. The molecule has 108 valence electrons. The van der Waals surface area contributed by atoms with Crippen LogP contribution in [0.3, 0.4) is 0 Å². The van der Waals surface area contributed by atoms with E-state index in [-0.39, 0.29) is 12.3 Å². The molecule has 3 nitrogen and oxygen atoms in total. The summed E-state index contributed by atoms with van der Waals surface area (Å²) in [7, 11) is 0. The molecule has 1 amide bonds. The van der Waals surface area contributed by atoms with Crippen LogP contribution in [-0.4, -0.2) is 11.6 Å². The fourth-order valence-corrected chi connectivity index (χ4v) is 2.12. The minimum atomic E-state index is -0.159. The van der Waals surface area contributed by atoms with Crippen LogP contribution in [0.4, 0.5) is 0 Å². The molecule has 2 rings (SSSR count). The van der Waals surface area contributed by atoms with E-state index in [2.05, 4.69) is 26.5 Å². The summed E-state index contributed by atoms with van der Waals surface area (Å²) < 4.78 is 1.01. The van der Waals surface area contributed by atoms with Crippen LogP contribution in [0.1, 0.15) is 18.1 Å². The monoisotopic (exact) mass is 364 g/mol. The predicted octanol–water partition coefficient (Wildman–Crippen LogP) is 4.19. The van der Waals surface area contributed by atoms with Crippen molar-refractivity contribution in [3.8, 4) is 0 Å². The van der Waals surface area contributed by atoms with Crippen molar-refractivity contribution in [3.05, 3.63) is 69.2 Å². The first-order valence-corrected chi connectivity index (χ1v) is 7.55. The second-order valence-electron chi connectivity index (χ2n) is 4.54. The Hall–Kier alpha value is -1.65. The third-order valence-electron chi connectivity index (χ3n) is 2.89. The van der Waals surface area contributed by atoms with Gasteiger partial charge < -0.3 is 0 Å². The molecule has 0 atom stereocenters. The number of hydrogen-bond acceptors (Lipinski definition) is 2. The van der Waals surface area contributed by atoms with Crippen molar-refractivity contribution < 1.29 is 4.79 Å². The van der Waals surface area contributed by atoms with Crippen molar-refractivity contribution in [2.75, 3.05) is 0 Å². The molecule has 0 aromatic heterocycles. The second kappa shape index (κ2) is 7.38. The van der Waals surface area contributed by atoms with E-state index in [0.717, 1.165) is 21.3 Å². The van der Waals surface area contributed by atoms with E-state index in [1.54, 1.807) is 12.1 Å². The normalized spacial score (nSPS) is 11.3. The Bertz CT molecular complexity index is 651. The third kappa shape index (κ3) is 4.99. The third-order valence-corrected chi connectivity index (χ3v) is 3.67. The van der Waals surface area contributed by atoms with Crippen LogP contribution in [-0.2, 0) is 11.2 Å². The van der Waals surface area contributed by atoms with E-state index in [1.165, 1.54) is 0 Å². The number of hydrogen-bond donors (Lipinski definition) is 1. The minimum absolute atomic E-state index is 0.159. The molecule has 5 heteroatoms. The van der Waals surface area contributed by atoms with Gasteiger partial charge in [0.1, 0.15) is 0 Å². The number of rotatable bonds is 4. The highest BCUT2D eigenvalue weighted by Crippen LogP contribution is 2.11. The zero-order valence-corrected chi connectivity index (χ0v) is 13.8. The first-order valence-electron chi connectivity index (χ1n) is 6.38. The number of halogens is 2. The number of amides is 1. The van der Waals surface area contributed by atoms with Gasteiger partial charge in [-0.25, -0.2) is 5.43 Å². The van der Waals surface area contributed by atoms with Crippen molar-refractivity contribution in [3.63, 3.8) is 0 Å². The number of nitrogens with one attached hydrogen (secondary N) is 1. The van der Waals surface area contributed by atoms with Crippen LogP contribution >= 0.6 is 27.5 Å². The summed E-state index contributed by atoms with van der Waals surface area (Å²) in [6.45, 7) is 1.85. The van der Waals surface area contributed by atoms with Gasteiger partial charge >= 0.3 is 0 Å². The molecule has 0 aliphatic rings. The van der Waals surface area contributed by atoms with Gasteiger partial charge in [0.15, 0.2) is 0 Å². The van der Waals surface area contributed by atoms with Gasteiger partial charge in [-0.15, -0.1) is 0 Å². The maximum absolute atomic E-state index is 11.8. The van der Waals surface area contributed by atoms with Crippen molar-refractivity contribution in [2.24, 2.45) is 5.10 Å². The smallest absolute Gasteiger partial charge is 0.244 e. The first kappa shape index (κ1) is 15.7. The summed E-state index contributed by atoms with van der Waals surface area (Å²) in [5.41, 5.74) is 5.18. The van der Waals surface area contributed by atoms with Gasteiger partial charge in [0.25, 0.3) is 0 Å². The Kier molecular flexibility index (Phi) is 5.53. The molecule has 0 heterocycles. The Morgan fingerprint density at radius 3 is 2.38 bits per heavy atom. The molecule has 0 saturated heterocycles. The molecule has 0 radical (unpaired) electrons.